The van der Waals surface area contributed by atoms with Gasteiger partial charge in [0.15, 0.2) is 5.43 Å². The number of fused-ring (bicyclic) bond motifs is 1. The Morgan fingerprint density at radius 1 is 1.07 bits per heavy atom. The first-order chi connectivity index (χ1) is 12.9. The molecule has 4 rings (SSSR count). The smallest absolute Gasteiger partial charge is 0.189 e. The van der Waals surface area contributed by atoms with Gasteiger partial charge in [0.1, 0.15) is 17.4 Å². The molecule has 136 valence electrons. The summed E-state index contributed by atoms with van der Waals surface area (Å²) >= 11 is 0. The Labute approximate surface area is 152 Å². The number of nitrogens with two attached hydrogens (primary N) is 1. The fraction of sp³-hybridized carbons (Fsp3) is 0.100. The highest BCUT2D eigenvalue weighted by Crippen LogP contribution is 2.30. The van der Waals surface area contributed by atoms with Gasteiger partial charge in [-0.2, -0.15) is 0 Å². The van der Waals surface area contributed by atoms with Gasteiger partial charge in [0, 0.05) is 29.3 Å². The fourth-order valence-electron chi connectivity index (χ4n) is 3.25. The van der Waals surface area contributed by atoms with E-state index in [-0.39, 0.29) is 16.8 Å². The van der Waals surface area contributed by atoms with Crippen molar-refractivity contribution in [3.05, 3.63) is 75.9 Å². The predicted octanol–water partition coefficient (Wildman–Crippen LogP) is 4.12. The number of hydrogen-bond acceptors (Lipinski definition) is 4. The van der Waals surface area contributed by atoms with Gasteiger partial charge in [-0.3, -0.25) is 4.79 Å². The number of halogens is 2. The van der Waals surface area contributed by atoms with Crippen LogP contribution in [0, 0.1) is 25.5 Å². The number of nitrogens with zero attached hydrogens (tertiary/aromatic N) is 2. The first kappa shape index (κ1) is 17.0. The number of pyridine rings is 1. The van der Waals surface area contributed by atoms with Gasteiger partial charge in [0.05, 0.1) is 22.6 Å². The molecule has 0 unspecified atom stereocenters. The summed E-state index contributed by atoms with van der Waals surface area (Å²) in [7, 11) is 0. The average Bonchev–Trinajstić information content (AvgIpc) is 2.97. The standard InChI is InChI=1S/C20H15F2N3O2/c1-10-20(11(2)27-24-10)12-3-4-13-17(7-12)25(6-5-19(13)26)18-9-16(23)14(21)8-15(18)22/h3-9H,23H2,1-2H3. The summed E-state index contributed by atoms with van der Waals surface area (Å²) in [6.07, 6.45) is 1.44. The predicted molar refractivity (Wildman–Crippen MR) is 98.8 cm³/mol. The summed E-state index contributed by atoms with van der Waals surface area (Å²) in [6, 6.07) is 8.47. The number of anilines is 1. The molecule has 5 nitrogen and oxygen atoms in total. The van der Waals surface area contributed by atoms with E-state index in [1.165, 1.54) is 22.9 Å². The van der Waals surface area contributed by atoms with Crippen LogP contribution in [0.25, 0.3) is 27.7 Å². The molecule has 4 aromatic rings. The fourth-order valence-corrected chi connectivity index (χ4v) is 3.25. The minimum absolute atomic E-state index is 0.0508. The van der Waals surface area contributed by atoms with Crippen LogP contribution < -0.4 is 11.2 Å². The van der Waals surface area contributed by atoms with E-state index in [2.05, 4.69) is 5.16 Å². The van der Waals surface area contributed by atoms with E-state index >= 15 is 0 Å². The van der Waals surface area contributed by atoms with Crippen LogP contribution in [-0.4, -0.2) is 9.72 Å². The number of rotatable bonds is 2. The van der Waals surface area contributed by atoms with Gasteiger partial charge in [0.2, 0.25) is 0 Å². The van der Waals surface area contributed by atoms with Crippen LogP contribution in [0.1, 0.15) is 11.5 Å². The maximum Gasteiger partial charge on any atom is 0.189 e. The molecule has 0 aliphatic carbocycles. The summed E-state index contributed by atoms with van der Waals surface area (Å²) in [6.45, 7) is 3.60. The van der Waals surface area contributed by atoms with E-state index in [1.54, 1.807) is 25.1 Å². The van der Waals surface area contributed by atoms with Gasteiger partial charge in [0.25, 0.3) is 0 Å². The van der Waals surface area contributed by atoms with E-state index in [0.717, 1.165) is 17.2 Å². The number of aromatic nitrogens is 2. The van der Waals surface area contributed by atoms with Gasteiger partial charge < -0.3 is 14.8 Å². The molecule has 0 fully saturated rings. The first-order valence-corrected chi connectivity index (χ1v) is 8.20. The van der Waals surface area contributed by atoms with E-state index in [1.807, 2.05) is 6.92 Å². The third-order valence-electron chi connectivity index (χ3n) is 4.55. The van der Waals surface area contributed by atoms with Crippen molar-refractivity contribution in [3.8, 4) is 16.8 Å². The second-order valence-corrected chi connectivity index (χ2v) is 6.31. The zero-order chi connectivity index (χ0) is 19.3. The SMILES string of the molecule is Cc1noc(C)c1-c1ccc2c(=O)ccn(-c3cc(N)c(F)cc3F)c2c1. The maximum absolute atomic E-state index is 14.4. The molecular weight excluding hydrogens is 352 g/mol. The Morgan fingerprint density at radius 3 is 2.56 bits per heavy atom. The topological polar surface area (TPSA) is 74.0 Å². The van der Waals surface area contributed by atoms with Crippen molar-refractivity contribution < 1.29 is 13.3 Å². The summed E-state index contributed by atoms with van der Waals surface area (Å²) in [5.41, 5.74) is 8.02. The minimum Gasteiger partial charge on any atom is -0.396 e. The molecule has 2 heterocycles. The average molecular weight is 367 g/mol. The van der Waals surface area contributed by atoms with E-state index in [9.17, 15) is 13.6 Å². The molecule has 2 N–H and O–H groups in total. The largest absolute Gasteiger partial charge is 0.396 e. The molecule has 0 atom stereocenters. The lowest BCUT2D eigenvalue weighted by atomic mass is 10.0. The Morgan fingerprint density at radius 2 is 1.85 bits per heavy atom. The number of hydrogen-bond donors (Lipinski definition) is 1. The van der Waals surface area contributed by atoms with Crippen LogP contribution >= 0.6 is 0 Å². The van der Waals surface area contributed by atoms with Gasteiger partial charge in [-0.1, -0.05) is 11.2 Å². The molecule has 0 saturated heterocycles. The van der Waals surface area contributed by atoms with E-state index in [0.29, 0.717) is 22.4 Å². The monoisotopic (exact) mass is 367 g/mol. The molecule has 0 saturated carbocycles. The molecule has 0 bridgehead atoms. The number of benzene rings is 2. The van der Waals surface area contributed by atoms with Crippen LogP contribution in [0.5, 0.6) is 0 Å². The van der Waals surface area contributed by atoms with Crippen molar-refractivity contribution in [2.45, 2.75) is 13.8 Å². The van der Waals surface area contributed by atoms with Gasteiger partial charge in [-0.15, -0.1) is 0 Å². The Bertz CT molecular complexity index is 1240. The van der Waals surface area contributed by atoms with Crippen LogP contribution in [0.2, 0.25) is 0 Å². The Balaban J connectivity index is 2.05. The zero-order valence-corrected chi connectivity index (χ0v) is 14.6. The summed E-state index contributed by atoms with van der Waals surface area (Å²) in [4.78, 5) is 12.3. The summed E-state index contributed by atoms with van der Waals surface area (Å²) < 4.78 is 34.7. The summed E-state index contributed by atoms with van der Waals surface area (Å²) in [5, 5.41) is 4.34. The molecule has 0 radical (unpaired) electrons. The Kier molecular flexibility index (Phi) is 3.80. The molecule has 0 aliphatic rings. The molecular formula is C20H15F2N3O2. The third kappa shape index (κ3) is 2.68. The van der Waals surface area contributed by atoms with Crippen molar-refractivity contribution >= 4 is 16.6 Å². The molecule has 7 heteroatoms. The molecule has 2 aromatic heterocycles. The van der Waals surface area contributed by atoms with Crippen LogP contribution in [0.3, 0.4) is 0 Å². The van der Waals surface area contributed by atoms with Gasteiger partial charge >= 0.3 is 0 Å². The minimum atomic E-state index is -0.835. The lowest BCUT2D eigenvalue weighted by Crippen LogP contribution is -2.09. The third-order valence-corrected chi connectivity index (χ3v) is 4.55. The van der Waals surface area contributed by atoms with Crippen molar-refractivity contribution in [3.63, 3.8) is 0 Å². The van der Waals surface area contributed by atoms with Gasteiger partial charge in [-0.05, 0) is 37.6 Å². The lowest BCUT2D eigenvalue weighted by Gasteiger charge is -2.14. The van der Waals surface area contributed by atoms with Crippen molar-refractivity contribution in [2.75, 3.05) is 5.73 Å². The quantitative estimate of drug-likeness (QED) is 0.541. The zero-order valence-electron chi connectivity index (χ0n) is 14.6. The summed E-state index contributed by atoms with van der Waals surface area (Å²) in [5.74, 6) is -0.985. The maximum atomic E-state index is 14.4. The van der Waals surface area contributed by atoms with E-state index < -0.39 is 11.6 Å². The lowest BCUT2D eigenvalue weighted by molar-refractivity contribution is 0.393. The normalized spacial score (nSPS) is 11.3. The van der Waals surface area contributed by atoms with Crippen molar-refractivity contribution in [1.29, 1.82) is 0 Å². The number of aryl methyl sites for hydroxylation is 2. The molecule has 0 aliphatic heterocycles. The van der Waals surface area contributed by atoms with Crippen molar-refractivity contribution in [2.24, 2.45) is 0 Å². The second kappa shape index (κ2) is 6.05. The van der Waals surface area contributed by atoms with E-state index in [4.69, 9.17) is 10.3 Å². The molecule has 2 aromatic carbocycles. The van der Waals surface area contributed by atoms with Crippen LogP contribution in [0.4, 0.5) is 14.5 Å². The molecule has 0 spiro atoms. The second-order valence-electron chi connectivity index (χ2n) is 6.31. The first-order valence-electron chi connectivity index (χ1n) is 8.20. The van der Waals surface area contributed by atoms with Crippen LogP contribution in [0.15, 0.2) is 51.9 Å². The molecule has 0 amide bonds. The highest BCUT2D eigenvalue weighted by atomic mass is 19.1. The Hall–Kier alpha value is -3.48. The van der Waals surface area contributed by atoms with Crippen LogP contribution in [-0.2, 0) is 0 Å². The van der Waals surface area contributed by atoms with Gasteiger partial charge in [-0.25, -0.2) is 8.78 Å². The van der Waals surface area contributed by atoms with Crippen molar-refractivity contribution in [1.82, 2.24) is 9.72 Å². The number of nitrogen functional groups attached to an aromatic ring is 1. The molecule has 27 heavy (non-hydrogen) atoms. The highest BCUT2D eigenvalue weighted by molar-refractivity contribution is 5.86. The highest BCUT2D eigenvalue weighted by Gasteiger charge is 2.16.